The molecule has 1 atom stereocenters. The molecule has 4 nitrogen and oxygen atoms in total. The van der Waals surface area contributed by atoms with Crippen molar-refractivity contribution in [3.05, 3.63) is 211 Å². The molecule has 1 aliphatic rings. The number of hydrogen-bond acceptors (Lipinski definition) is 4. The molecule has 0 radical (unpaired) electrons. The van der Waals surface area contributed by atoms with E-state index < -0.39 is 0 Å². The van der Waals surface area contributed by atoms with Crippen molar-refractivity contribution in [2.24, 2.45) is 0 Å². The van der Waals surface area contributed by atoms with Crippen LogP contribution in [-0.2, 0) is 6.42 Å². The van der Waals surface area contributed by atoms with Crippen molar-refractivity contribution in [3.63, 3.8) is 0 Å². The highest BCUT2D eigenvalue weighted by Crippen LogP contribution is 2.45. The van der Waals surface area contributed by atoms with E-state index in [1.54, 1.807) is 0 Å². The topological polar surface area (TPSA) is 51.8 Å². The first-order valence-electron chi connectivity index (χ1n) is 19.9. The number of hydrogen-bond donors (Lipinski definition) is 0. The molecular weight excluding hydrogens is 707 g/mol. The van der Waals surface area contributed by atoms with Gasteiger partial charge in [-0.3, -0.25) is 0 Å². The van der Waals surface area contributed by atoms with E-state index in [4.69, 9.17) is 19.4 Å². The molecule has 58 heavy (non-hydrogen) atoms. The highest BCUT2D eigenvalue weighted by atomic mass is 16.3. The van der Waals surface area contributed by atoms with Gasteiger partial charge in [0.15, 0.2) is 17.5 Å². The molecule has 4 heteroatoms. The monoisotopic (exact) mass is 743 g/mol. The van der Waals surface area contributed by atoms with Crippen molar-refractivity contribution < 1.29 is 4.42 Å². The van der Waals surface area contributed by atoms with Crippen LogP contribution in [0.25, 0.3) is 89.5 Å². The van der Waals surface area contributed by atoms with Gasteiger partial charge in [0.1, 0.15) is 11.2 Å². The first-order valence-corrected chi connectivity index (χ1v) is 19.9. The van der Waals surface area contributed by atoms with E-state index in [-0.39, 0.29) is 0 Å². The van der Waals surface area contributed by atoms with E-state index >= 15 is 0 Å². The van der Waals surface area contributed by atoms with Gasteiger partial charge in [0.25, 0.3) is 0 Å². The number of benzene rings is 8. The molecule has 2 aromatic heterocycles. The molecule has 274 valence electrons. The summed E-state index contributed by atoms with van der Waals surface area (Å²) in [6.45, 7) is 0. The Bertz CT molecular complexity index is 3040. The largest absolute Gasteiger partial charge is 0.456 e. The van der Waals surface area contributed by atoms with Crippen LogP contribution in [-0.4, -0.2) is 15.0 Å². The van der Waals surface area contributed by atoms with Gasteiger partial charge in [0, 0.05) is 33.4 Å². The maximum Gasteiger partial charge on any atom is 0.164 e. The van der Waals surface area contributed by atoms with Crippen LogP contribution in [0.5, 0.6) is 0 Å². The first-order chi connectivity index (χ1) is 28.7. The van der Waals surface area contributed by atoms with Crippen molar-refractivity contribution in [3.8, 4) is 67.5 Å². The zero-order valence-corrected chi connectivity index (χ0v) is 31.7. The summed E-state index contributed by atoms with van der Waals surface area (Å²) in [4.78, 5) is 15.4. The van der Waals surface area contributed by atoms with Gasteiger partial charge in [0.05, 0.1) is 0 Å². The van der Waals surface area contributed by atoms with Crippen LogP contribution < -0.4 is 0 Å². The summed E-state index contributed by atoms with van der Waals surface area (Å²) in [7, 11) is 0. The summed E-state index contributed by atoms with van der Waals surface area (Å²) in [5, 5.41) is 1.99. The molecule has 1 aliphatic carbocycles. The lowest BCUT2D eigenvalue weighted by molar-refractivity contribution is 0.669. The van der Waals surface area contributed by atoms with Gasteiger partial charge < -0.3 is 4.42 Å². The van der Waals surface area contributed by atoms with Gasteiger partial charge in [-0.05, 0) is 93.2 Å². The Hall–Kier alpha value is -7.43. The molecule has 2 heterocycles. The molecule has 0 saturated carbocycles. The lowest BCUT2D eigenvalue weighted by Crippen LogP contribution is -2.02. The van der Waals surface area contributed by atoms with E-state index in [9.17, 15) is 0 Å². The molecule has 0 bridgehead atoms. The first kappa shape index (κ1) is 33.9. The van der Waals surface area contributed by atoms with Gasteiger partial charge in [0.2, 0.25) is 0 Å². The molecule has 11 rings (SSSR count). The second kappa shape index (κ2) is 14.3. The standard InChI is InChI=1S/C54H37N3O/c1-5-15-35(16-6-1)42-33-48(54-56-52(38-20-9-3-10-21-38)55-53(57-54)39-22-11-4-12-23-39)51-47-32-41(27-30-49(47)58-50(51)34-42)40-26-29-45-44(36-17-7-2-8-18-36)28-25-37-19-13-14-24-43(37)46(45)31-40/h1-24,26-27,29-34,44H,25,28H2. The smallest absolute Gasteiger partial charge is 0.164 e. The van der Waals surface area contributed by atoms with Crippen LogP contribution >= 0.6 is 0 Å². The van der Waals surface area contributed by atoms with Crippen LogP contribution in [0.3, 0.4) is 0 Å². The van der Waals surface area contributed by atoms with E-state index in [1.165, 1.54) is 33.4 Å². The number of aromatic nitrogens is 3. The predicted molar refractivity (Wildman–Crippen MR) is 236 cm³/mol. The fraction of sp³-hybridized carbons (Fsp3) is 0.0556. The van der Waals surface area contributed by atoms with Crippen molar-refractivity contribution in [1.82, 2.24) is 15.0 Å². The fourth-order valence-corrected chi connectivity index (χ4v) is 8.75. The summed E-state index contributed by atoms with van der Waals surface area (Å²) in [5.74, 6) is 2.16. The van der Waals surface area contributed by atoms with Crippen molar-refractivity contribution in [2.45, 2.75) is 18.8 Å². The van der Waals surface area contributed by atoms with Gasteiger partial charge in [-0.15, -0.1) is 0 Å². The lowest BCUT2D eigenvalue weighted by atomic mass is 9.84. The number of nitrogens with zero attached hydrogens (tertiary/aromatic N) is 3. The van der Waals surface area contributed by atoms with Crippen molar-refractivity contribution >= 4 is 21.9 Å². The lowest BCUT2D eigenvalue weighted by Gasteiger charge is -2.19. The summed E-state index contributed by atoms with van der Waals surface area (Å²) in [5.41, 5.74) is 15.5. The Labute approximate surface area is 337 Å². The molecule has 0 aliphatic heterocycles. The Balaban J connectivity index is 1.13. The fourth-order valence-electron chi connectivity index (χ4n) is 8.75. The van der Waals surface area contributed by atoms with Crippen LogP contribution in [0.1, 0.15) is 29.0 Å². The number of aryl methyl sites for hydroxylation is 1. The Morgan fingerprint density at radius 3 is 1.67 bits per heavy atom. The van der Waals surface area contributed by atoms with Crippen molar-refractivity contribution in [2.75, 3.05) is 0 Å². The van der Waals surface area contributed by atoms with Gasteiger partial charge >= 0.3 is 0 Å². The number of fused-ring (bicyclic) bond motifs is 6. The minimum absolute atomic E-state index is 0.321. The molecule has 0 amide bonds. The Kier molecular flexibility index (Phi) is 8.32. The number of furan rings is 1. The molecular formula is C54H37N3O. The molecule has 10 aromatic rings. The predicted octanol–water partition coefficient (Wildman–Crippen LogP) is 13.9. The highest BCUT2D eigenvalue weighted by Gasteiger charge is 2.25. The summed E-state index contributed by atoms with van der Waals surface area (Å²) >= 11 is 0. The molecule has 0 fully saturated rings. The molecule has 0 spiro atoms. The number of rotatable bonds is 6. The van der Waals surface area contributed by atoms with E-state index in [2.05, 4.69) is 127 Å². The summed E-state index contributed by atoms with van der Waals surface area (Å²) in [6, 6.07) is 68.6. The molecule has 0 N–H and O–H groups in total. The average molecular weight is 744 g/mol. The third-order valence-electron chi connectivity index (χ3n) is 11.6. The quantitative estimate of drug-likeness (QED) is 0.170. The SMILES string of the molecule is c1ccc(-c2cc(-c3nc(-c4ccccc4)nc(-c4ccccc4)n3)c3c(c2)oc2ccc(-c4ccc5c(c4)-c4ccccc4CCC5c4ccccc4)cc23)cc1. The molecule has 8 aromatic carbocycles. The second-order valence-corrected chi connectivity index (χ2v) is 15.1. The van der Waals surface area contributed by atoms with Crippen LogP contribution in [0.15, 0.2) is 199 Å². The summed E-state index contributed by atoms with van der Waals surface area (Å²) < 4.78 is 6.74. The zero-order chi connectivity index (χ0) is 38.4. The normalized spacial score (nSPS) is 13.6. The van der Waals surface area contributed by atoms with Gasteiger partial charge in [-0.1, -0.05) is 164 Å². The van der Waals surface area contributed by atoms with Crippen LogP contribution in [0.2, 0.25) is 0 Å². The molecule has 0 saturated heterocycles. The summed E-state index contributed by atoms with van der Waals surface area (Å²) in [6.07, 6.45) is 2.11. The highest BCUT2D eigenvalue weighted by molar-refractivity contribution is 6.14. The van der Waals surface area contributed by atoms with Gasteiger partial charge in [-0.2, -0.15) is 0 Å². The van der Waals surface area contributed by atoms with Crippen LogP contribution in [0, 0.1) is 0 Å². The van der Waals surface area contributed by atoms with Crippen molar-refractivity contribution in [1.29, 1.82) is 0 Å². The zero-order valence-electron chi connectivity index (χ0n) is 31.7. The minimum Gasteiger partial charge on any atom is -0.456 e. The average Bonchev–Trinajstić information content (AvgIpc) is 3.59. The maximum absolute atomic E-state index is 6.74. The second-order valence-electron chi connectivity index (χ2n) is 15.1. The third-order valence-corrected chi connectivity index (χ3v) is 11.6. The Morgan fingerprint density at radius 1 is 0.397 bits per heavy atom. The Morgan fingerprint density at radius 2 is 0.966 bits per heavy atom. The van der Waals surface area contributed by atoms with Crippen LogP contribution in [0.4, 0.5) is 0 Å². The van der Waals surface area contributed by atoms with Gasteiger partial charge in [-0.25, -0.2) is 15.0 Å². The van der Waals surface area contributed by atoms with E-state index in [0.717, 1.165) is 68.2 Å². The maximum atomic E-state index is 6.74. The van der Waals surface area contributed by atoms with E-state index in [1.807, 2.05) is 66.7 Å². The minimum atomic E-state index is 0.321. The third kappa shape index (κ3) is 6.07. The molecule has 1 unspecified atom stereocenters. The van der Waals surface area contributed by atoms with E-state index in [0.29, 0.717) is 23.4 Å².